The lowest BCUT2D eigenvalue weighted by molar-refractivity contribution is -0.477. The lowest BCUT2D eigenvalue weighted by Gasteiger charge is -2.09. The molecule has 21 heavy (non-hydrogen) atoms. The zero-order valence-corrected chi connectivity index (χ0v) is 12.8. The summed E-state index contributed by atoms with van der Waals surface area (Å²) in [5, 5.41) is 11.1. The van der Waals surface area contributed by atoms with Gasteiger partial charge in [0, 0.05) is 18.2 Å². The van der Waals surface area contributed by atoms with E-state index in [2.05, 4.69) is 0 Å². The molecule has 0 heterocycles. The number of quaternary nitrogens is 1. The zero-order chi connectivity index (χ0) is 13.1. The molecule has 2 rings (SSSR count). The average molecular weight is 335 g/mol. The first-order valence-electron chi connectivity index (χ1n) is 5.47. The predicted octanol–water partition coefficient (Wildman–Crippen LogP) is -5.72. The molecule has 0 aliphatic rings. The summed E-state index contributed by atoms with van der Waals surface area (Å²) >= 11 is 0. The average Bonchev–Trinajstić information content (AvgIpc) is 2.35. The van der Waals surface area contributed by atoms with Crippen molar-refractivity contribution in [2.75, 3.05) is 18.6 Å². The SMILES string of the molecule is COc1cc([NH2+]c2ccc(O)cc2)c(N)cc1N.O.[Cl-].[Cl-]. The highest BCUT2D eigenvalue weighted by molar-refractivity contribution is 5.70. The topological polar surface area (TPSA) is 130 Å². The number of phenolic OH excluding ortho intramolecular Hbond substituents is 1. The van der Waals surface area contributed by atoms with Crippen molar-refractivity contribution in [1.29, 1.82) is 0 Å². The number of benzene rings is 2. The summed E-state index contributed by atoms with van der Waals surface area (Å²) in [5.74, 6) is 0.823. The van der Waals surface area contributed by atoms with E-state index in [0.29, 0.717) is 17.1 Å². The van der Waals surface area contributed by atoms with Crippen LogP contribution >= 0.6 is 0 Å². The number of halogens is 2. The van der Waals surface area contributed by atoms with Crippen molar-refractivity contribution in [3.63, 3.8) is 0 Å². The number of nitrogen functional groups attached to an aromatic ring is 2. The van der Waals surface area contributed by atoms with Crippen molar-refractivity contribution in [2.24, 2.45) is 0 Å². The Morgan fingerprint density at radius 3 is 2.10 bits per heavy atom. The van der Waals surface area contributed by atoms with Crippen LogP contribution in [0.25, 0.3) is 0 Å². The summed E-state index contributed by atoms with van der Waals surface area (Å²) in [6.45, 7) is 0. The standard InChI is InChI=1S/C13H15N3O2.2ClH.H2O/c1-18-13-7-12(10(14)6-11(13)15)16-8-2-4-9(17)5-3-8;;;/h2-7,16-17H,14-15H2,1H3;2*1H;1H2/p-1. The van der Waals surface area contributed by atoms with Gasteiger partial charge in [-0.15, -0.1) is 0 Å². The number of hydrogen-bond donors (Lipinski definition) is 4. The number of aromatic hydroxyl groups is 1. The second-order valence-electron chi connectivity index (χ2n) is 3.96. The highest BCUT2D eigenvalue weighted by atomic mass is 35.5. The minimum absolute atomic E-state index is 0. The van der Waals surface area contributed by atoms with E-state index >= 15 is 0 Å². The summed E-state index contributed by atoms with van der Waals surface area (Å²) in [4.78, 5) is 0. The molecule has 0 amide bonds. The fraction of sp³-hybridized carbons (Fsp3) is 0.0769. The maximum absolute atomic E-state index is 9.22. The van der Waals surface area contributed by atoms with E-state index in [9.17, 15) is 5.11 Å². The molecular formula is C13H18Cl2N3O3-. The van der Waals surface area contributed by atoms with Crippen LogP contribution < -0.4 is 46.3 Å². The van der Waals surface area contributed by atoms with Crippen LogP contribution in [0.1, 0.15) is 0 Å². The summed E-state index contributed by atoms with van der Waals surface area (Å²) in [6.07, 6.45) is 0. The number of ether oxygens (including phenoxy) is 1. The molecule has 9 N–H and O–H groups in total. The van der Waals surface area contributed by atoms with Gasteiger partial charge in [-0.05, 0) is 18.2 Å². The van der Waals surface area contributed by atoms with Gasteiger partial charge < -0.3 is 51.6 Å². The summed E-state index contributed by atoms with van der Waals surface area (Å²) in [7, 11) is 1.56. The second kappa shape index (κ2) is 9.15. The molecule has 0 unspecified atom stereocenters. The number of anilines is 2. The van der Waals surface area contributed by atoms with E-state index in [-0.39, 0.29) is 36.0 Å². The first kappa shape index (κ1) is 21.4. The van der Waals surface area contributed by atoms with Crippen LogP contribution in [-0.4, -0.2) is 17.7 Å². The van der Waals surface area contributed by atoms with E-state index in [1.54, 1.807) is 43.5 Å². The van der Waals surface area contributed by atoms with Crippen LogP contribution in [0.5, 0.6) is 11.5 Å². The van der Waals surface area contributed by atoms with Crippen LogP contribution in [0, 0.1) is 0 Å². The Morgan fingerprint density at radius 2 is 1.57 bits per heavy atom. The van der Waals surface area contributed by atoms with Gasteiger partial charge in [-0.2, -0.15) is 0 Å². The van der Waals surface area contributed by atoms with Gasteiger partial charge in [0.15, 0.2) is 5.69 Å². The monoisotopic (exact) mass is 334 g/mol. The predicted molar refractivity (Wildman–Crippen MR) is 74.8 cm³/mol. The minimum Gasteiger partial charge on any atom is -1.00 e. The molecule has 2 aromatic carbocycles. The van der Waals surface area contributed by atoms with Crippen LogP contribution in [0.4, 0.5) is 22.7 Å². The Kier molecular flexibility index (Phi) is 9.34. The molecule has 0 aromatic heterocycles. The third-order valence-corrected chi connectivity index (χ3v) is 2.65. The first-order valence-corrected chi connectivity index (χ1v) is 5.47. The van der Waals surface area contributed by atoms with Crippen LogP contribution in [0.3, 0.4) is 0 Å². The Labute approximate surface area is 135 Å². The molecule has 2 aromatic rings. The number of methoxy groups -OCH3 is 1. The third-order valence-electron chi connectivity index (χ3n) is 2.65. The molecule has 0 aliphatic carbocycles. The molecule has 118 valence electrons. The van der Waals surface area contributed by atoms with Crippen molar-refractivity contribution < 1.29 is 45.5 Å². The highest BCUT2D eigenvalue weighted by Crippen LogP contribution is 2.28. The van der Waals surface area contributed by atoms with E-state index in [1.807, 2.05) is 5.32 Å². The summed E-state index contributed by atoms with van der Waals surface area (Å²) in [6, 6.07) is 10.3. The molecular weight excluding hydrogens is 317 g/mol. The molecule has 0 aliphatic heterocycles. The largest absolute Gasteiger partial charge is 1.00 e. The minimum atomic E-state index is 0. The Balaban J connectivity index is 0. The van der Waals surface area contributed by atoms with Crippen LogP contribution in [-0.2, 0) is 0 Å². The van der Waals surface area contributed by atoms with Gasteiger partial charge in [0.2, 0.25) is 0 Å². The number of hydrogen-bond acceptors (Lipinski definition) is 4. The van der Waals surface area contributed by atoms with E-state index in [4.69, 9.17) is 16.2 Å². The molecule has 0 radical (unpaired) electrons. The van der Waals surface area contributed by atoms with Gasteiger partial charge in [-0.3, -0.25) is 5.32 Å². The van der Waals surface area contributed by atoms with Gasteiger partial charge in [0.05, 0.1) is 18.5 Å². The van der Waals surface area contributed by atoms with E-state index in [0.717, 1.165) is 11.4 Å². The van der Waals surface area contributed by atoms with E-state index < -0.39 is 0 Å². The lowest BCUT2D eigenvalue weighted by atomic mass is 10.2. The number of rotatable bonds is 3. The van der Waals surface area contributed by atoms with Gasteiger partial charge >= 0.3 is 0 Å². The smallest absolute Gasteiger partial charge is 0.161 e. The molecule has 0 fully saturated rings. The lowest BCUT2D eigenvalue weighted by Crippen LogP contribution is -3.00. The van der Waals surface area contributed by atoms with E-state index in [1.165, 1.54) is 0 Å². The third kappa shape index (κ3) is 5.20. The zero-order valence-electron chi connectivity index (χ0n) is 11.3. The Hall–Kier alpha value is -1.86. The summed E-state index contributed by atoms with van der Waals surface area (Å²) in [5.41, 5.74) is 14.5. The first-order chi connectivity index (χ1) is 8.60. The molecule has 0 saturated heterocycles. The van der Waals surface area contributed by atoms with Crippen molar-refractivity contribution in [1.82, 2.24) is 0 Å². The highest BCUT2D eigenvalue weighted by Gasteiger charge is 2.10. The molecule has 6 nitrogen and oxygen atoms in total. The number of nitrogens with two attached hydrogens (primary N) is 3. The van der Waals surface area contributed by atoms with Crippen LogP contribution in [0.15, 0.2) is 36.4 Å². The Bertz CT molecular complexity index is 565. The molecule has 0 saturated carbocycles. The van der Waals surface area contributed by atoms with Gasteiger partial charge in [-0.1, -0.05) is 0 Å². The van der Waals surface area contributed by atoms with Crippen molar-refractivity contribution in [3.8, 4) is 11.5 Å². The maximum atomic E-state index is 9.22. The van der Waals surface area contributed by atoms with Gasteiger partial charge in [0.25, 0.3) is 0 Å². The van der Waals surface area contributed by atoms with Crippen molar-refractivity contribution in [2.45, 2.75) is 0 Å². The molecule has 8 heteroatoms. The normalized spacial score (nSPS) is 8.81. The quantitative estimate of drug-likeness (QED) is 0.329. The van der Waals surface area contributed by atoms with Gasteiger partial charge in [-0.25, -0.2) is 0 Å². The van der Waals surface area contributed by atoms with Crippen molar-refractivity contribution in [3.05, 3.63) is 36.4 Å². The fourth-order valence-corrected chi connectivity index (χ4v) is 1.68. The fourth-order valence-electron chi connectivity index (χ4n) is 1.68. The molecule has 0 atom stereocenters. The Morgan fingerprint density at radius 1 is 1.00 bits per heavy atom. The summed E-state index contributed by atoms with van der Waals surface area (Å²) < 4.78 is 5.16. The molecule has 0 spiro atoms. The number of phenols is 1. The molecule has 0 bridgehead atoms. The van der Waals surface area contributed by atoms with Crippen molar-refractivity contribution >= 4 is 22.7 Å². The second-order valence-corrected chi connectivity index (χ2v) is 3.96. The maximum Gasteiger partial charge on any atom is 0.161 e. The van der Waals surface area contributed by atoms with Crippen LogP contribution in [0.2, 0.25) is 0 Å². The van der Waals surface area contributed by atoms with Gasteiger partial charge in [0.1, 0.15) is 17.2 Å².